The fourth-order valence-electron chi connectivity index (χ4n) is 13.6. The maximum absolute atomic E-state index is 14.1. The van der Waals surface area contributed by atoms with Gasteiger partial charge in [0.1, 0.15) is 80.0 Å². The predicted octanol–water partition coefficient (Wildman–Crippen LogP) is 26.1. The third-order valence-electron chi connectivity index (χ3n) is 22.7. The van der Waals surface area contributed by atoms with Gasteiger partial charge in [-0.25, -0.2) is 33.2 Å². The van der Waals surface area contributed by atoms with Crippen LogP contribution in [0.5, 0.6) is 34.5 Å². The summed E-state index contributed by atoms with van der Waals surface area (Å²) in [6, 6.07) is 58.0. The molecule has 24 nitrogen and oxygen atoms in total. The molecule has 0 saturated heterocycles. The number of carbonyl (C=O) groups excluding carboxylic acids is 6. The lowest BCUT2D eigenvalue weighted by molar-refractivity contribution is 0.253. The Morgan fingerprint density at radius 1 is 0.263 bits per heavy atom. The minimum Gasteiger partial charge on any atom is -0.489 e. The summed E-state index contributed by atoms with van der Waals surface area (Å²) in [6.45, 7) is 40.9. The number of aryl methyl sites for hydroxylation is 19. The lowest BCUT2D eigenvalue weighted by Crippen LogP contribution is -2.25. The Balaban J connectivity index is 0.000000224. The maximum Gasteiger partial charge on any atom is 0.318 e. The molecule has 0 fully saturated rings. The Morgan fingerprint density at radius 3 is 0.861 bits per heavy atom. The number of carbonyl (C=O) groups is 6. The van der Waals surface area contributed by atoms with Crippen LogP contribution in [0.25, 0.3) is 0 Å². The van der Waals surface area contributed by atoms with E-state index < -0.39 is 11.8 Å². The van der Waals surface area contributed by atoms with E-state index >= 15 is 0 Å². The van der Waals surface area contributed by atoms with Crippen molar-refractivity contribution < 1.29 is 61.6 Å². The second kappa shape index (κ2) is 54.3. The van der Waals surface area contributed by atoms with Gasteiger partial charge in [-0.05, 0) is 357 Å². The first-order valence-corrected chi connectivity index (χ1v) is 46.8. The van der Waals surface area contributed by atoms with Crippen LogP contribution in [0.15, 0.2) is 193 Å². The highest BCUT2D eigenvalue weighted by atomic mass is 127. The molecule has 0 aromatic heterocycles. The van der Waals surface area contributed by atoms with Crippen LogP contribution in [-0.4, -0.2) is 78.5 Å². The number of halogens is 4. The van der Waals surface area contributed by atoms with E-state index in [4.69, 9.17) is 40.0 Å². The van der Waals surface area contributed by atoms with Crippen molar-refractivity contribution in [2.45, 2.75) is 171 Å². The largest absolute Gasteiger partial charge is 0.489 e. The Labute approximate surface area is 833 Å². The number of para-hydroxylation sites is 1. The van der Waals surface area contributed by atoms with Gasteiger partial charge in [-0.15, -0.1) is 0 Å². The average Bonchev–Trinajstić information content (AvgIpc) is 0.837. The summed E-state index contributed by atoms with van der Waals surface area (Å²) in [5, 5.41) is 32.4. The van der Waals surface area contributed by atoms with Crippen LogP contribution < -0.4 is 92.2 Å². The number of rotatable bonds is 24. The van der Waals surface area contributed by atoms with Gasteiger partial charge < -0.3 is 92.2 Å². The summed E-state index contributed by atoms with van der Waals surface area (Å²) in [5.74, 6) is 4.59. The molecule has 137 heavy (non-hydrogen) atoms. The molecule has 12 aromatic rings. The number of ether oxygens (including phenoxy) is 6. The van der Waals surface area contributed by atoms with Crippen molar-refractivity contribution in [3.05, 3.63) is 346 Å². The normalized spacial score (nSPS) is 10.3. The van der Waals surface area contributed by atoms with Gasteiger partial charge >= 0.3 is 36.2 Å². The summed E-state index contributed by atoms with van der Waals surface area (Å²) in [5.41, 5.74) is 31.0. The van der Waals surface area contributed by atoms with Gasteiger partial charge in [0.2, 0.25) is 0 Å². The van der Waals surface area contributed by atoms with E-state index in [9.17, 15) is 33.2 Å². The van der Waals surface area contributed by atoms with Crippen LogP contribution in [0, 0.1) is 141 Å². The highest BCUT2D eigenvalue weighted by Crippen LogP contribution is 2.36. The Hall–Kier alpha value is -13.5. The molecule has 12 rings (SSSR count). The molecule has 0 saturated carbocycles. The summed E-state index contributed by atoms with van der Waals surface area (Å²) in [6.07, 6.45) is 0. The smallest absolute Gasteiger partial charge is 0.318 e. The van der Waals surface area contributed by atoms with Crippen LogP contribution in [0.4, 0.5) is 67.3 Å². The quantitative estimate of drug-likeness (QED) is 0.0251. The topological polar surface area (TPSA) is 302 Å². The van der Waals surface area contributed by atoms with E-state index in [-0.39, 0.29) is 43.4 Å². The molecule has 0 aliphatic rings. The van der Waals surface area contributed by atoms with E-state index in [0.29, 0.717) is 54.1 Å². The Morgan fingerprint density at radius 2 is 0.504 bits per heavy atom. The maximum atomic E-state index is 14.1. The van der Waals surface area contributed by atoms with Crippen LogP contribution in [0.3, 0.4) is 0 Å². The first-order chi connectivity index (χ1) is 65.1. The number of nitrogens with one attached hydrogen (secondary N) is 12. The summed E-state index contributed by atoms with van der Waals surface area (Å²) < 4.78 is 51.8. The van der Waals surface area contributed by atoms with Crippen molar-refractivity contribution in [1.82, 2.24) is 31.9 Å². The van der Waals surface area contributed by atoms with Crippen molar-refractivity contribution in [2.75, 3.05) is 74.2 Å². The average molecular weight is 2060 g/mol. The molecule has 0 aliphatic carbocycles. The highest BCUT2D eigenvalue weighted by Gasteiger charge is 2.20. The van der Waals surface area contributed by atoms with Crippen molar-refractivity contribution >= 4 is 120 Å². The minimum atomic E-state index is -0.416. The molecule has 0 bridgehead atoms. The molecule has 12 aromatic carbocycles. The molecule has 726 valence electrons. The third kappa shape index (κ3) is 33.8. The molecule has 0 spiro atoms. The standard InChI is InChI=1S/C19H24N2O2.C18H21BrN2O2.C18H21ClN2O2.C18H21FN2O2.C18H21IN2O2.C18H22N2O2/c1-12-7-6-8-17(21-19(22)20-5)16(12)11-23-18-10-14(3)13(2)9-15(18)4;4*1-11-8-13(3)17(9-12(11)2)23-10-14-15(19)6-5-7-16(14)21-18(22)20-4;1-12-9-14(3)17(10-13(12)2)22-11-15-7-5-6-8-16(15)20-18(21)19-4/h6-10H,11H2,1-5H3,(H2,20,21,22);4*5-9H,10H2,1-4H3,(H2,20,21,22);5-10H,11H2,1-4H3,(H2,19,20,21). The zero-order valence-electron chi connectivity index (χ0n) is 83.1. The van der Waals surface area contributed by atoms with Crippen molar-refractivity contribution in [3.8, 4) is 34.5 Å². The van der Waals surface area contributed by atoms with E-state index in [1.54, 1.807) is 65.6 Å². The molecule has 0 radical (unpaired) electrons. The number of amides is 12. The second-order valence-electron chi connectivity index (χ2n) is 33.0. The predicted molar refractivity (Wildman–Crippen MR) is 567 cm³/mol. The fourth-order valence-corrected chi connectivity index (χ4v) is 15.0. The van der Waals surface area contributed by atoms with Crippen LogP contribution in [0.1, 0.15) is 139 Å². The van der Waals surface area contributed by atoms with Gasteiger partial charge in [-0.3, -0.25) is 0 Å². The lowest BCUT2D eigenvalue weighted by Gasteiger charge is -2.16. The Bertz CT molecular complexity index is 5530. The van der Waals surface area contributed by atoms with Crippen LogP contribution >= 0.6 is 50.1 Å². The molecular weight excluding hydrogens is 1930 g/mol. The van der Waals surface area contributed by atoms with Crippen LogP contribution in [-0.2, 0) is 39.6 Å². The first kappa shape index (κ1) is 110. The highest BCUT2D eigenvalue weighted by molar-refractivity contribution is 14.1. The molecule has 12 amide bonds. The van der Waals surface area contributed by atoms with E-state index in [0.717, 1.165) is 132 Å². The van der Waals surface area contributed by atoms with Gasteiger partial charge in [-0.2, -0.15) is 0 Å². The molecule has 0 aliphatic heterocycles. The molecule has 0 heterocycles. The summed E-state index contributed by atoms with van der Waals surface area (Å²) in [4.78, 5) is 69.3. The molecule has 0 unspecified atom stereocenters. The number of urea groups is 6. The third-order valence-corrected chi connectivity index (χ3v) is 24.9. The van der Waals surface area contributed by atoms with Crippen molar-refractivity contribution in [3.63, 3.8) is 0 Å². The van der Waals surface area contributed by atoms with Gasteiger partial charge in [0.25, 0.3) is 0 Å². The van der Waals surface area contributed by atoms with Gasteiger partial charge in [-0.1, -0.05) is 119 Å². The van der Waals surface area contributed by atoms with Crippen LogP contribution in [0.2, 0.25) is 5.02 Å². The number of benzene rings is 12. The monoisotopic (exact) mass is 2060 g/mol. The van der Waals surface area contributed by atoms with Crippen molar-refractivity contribution in [2.24, 2.45) is 0 Å². The zero-order valence-corrected chi connectivity index (χ0v) is 87.6. The van der Waals surface area contributed by atoms with E-state index in [1.165, 1.54) is 74.3 Å². The van der Waals surface area contributed by atoms with Gasteiger partial charge in [0.15, 0.2) is 0 Å². The van der Waals surface area contributed by atoms with E-state index in [2.05, 4.69) is 220 Å². The minimum absolute atomic E-state index is 0.0370. The number of hydrogen-bond donors (Lipinski definition) is 12. The van der Waals surface area contributed by atoms with Crippen molar-refractivity contribution in [1.29, 1.82) is 0 Å². The molecular formula is C109H130BrClFIN12O12. The second-order valence-corrected chi connectivity index (χ2v) is 35.4. The SMILES string of the molecule is CNC(=O)Nc1cccc(Br)c1COc1cc(C)c(C)cc1C.CNC(=O)Nc1cccc(C)c1COc1cc(C)c(C)cc1C.CNC(=O)Nc1cccc(Cl)c1COc1cc(C)c(C)cc1C.CNC(=O)Nc1cccc(F)c1COc1cc(C)c(C)cc1C.CNC(=O)Nc1cccc(I)c1COc1cc(C)c(C)cc1C.CNC(=O)Nc1ccccc1COc1cc(C)c(C)cc1C. The number of hydrogen-bond acceptors (Lipinski definition) is 12. The van der Waals surface area contributed by atoms with Gasteiger partial charge in [0.05, 0.1) is 22.7 Å². The summed E-state index contributed by atoms with van der Waals surface area (Å²) in [7, 11) is 9.43. The Kier molecular flexibility index (Phi) is 43.8. The van der Waals surface area contributed by atoms with E-state index in [1.807, 2.05) is 165 Å². The zero-order chi connectivity index (χ0) is 101. The van der Waals surface area contributed by atoms with Gasteiger partial charge in [0, 0.05) is 100 Å². The molecule has 28 heteroatoms. The summed E-state index contributed by atoms with van der Waals surface area (Å²) >= 11 is 12.0. The lowest BCUT2D eigenvalue weighted by atomic mass is 10.1. The molecule has 12 N–H and O–H groups in total. The molecule has 0 atom stereocenters. The number of anilines is 6. The fraction of sp³-hybridized carbons (Fsp3) is 0.284. The first-order valence-electron chi connectivity index (χ1n) is 44.5.